The van der Waals surface area contributed by atoms with E-state index >= 15 is 0 Å². The lowest BCUT2D eigenvalue weighted by atomic mass is 10.2. The molecule has 128 valence electrons. The molecule has 0 aliphatic rings. The highest BCUT2D eigenvalue weighted by Gasteiger charge is 2.03. The quantitative estimate of drug-likeness (QED) is 0.437. The van der Waals surface area contributed by atoms with Crippen molar-refractivity contribution in [1.29, 1.82) is 0 Å². The molecule has 0 aliphatic heterocycles. The molecule has 0 radical (unpaired) electrons. The highest BCUT2D eigenvalue weighted by molar-refractivity contribution is 9.10. The van der Waals surface area contributed by atoms with Crippen molar-refractivity contribution in [1.82, 2.24) is 0 Å². The minimum Gasteiger partial charge on any atom is -0.480 e. The van der Waals surface area contributed by atoms with E-state index in [4.69, 9.17) is 16.0 Å². The van der Waals surface area contributed by atoms with Gasteiger partial charge in [-0.3, -0.25) is 4.79 Å². The molecule has 0 aromatic heterocycles. The van der Waals surface area contributed by atoms with Gasteiger partial charge in [0.15, 0.2) is 6.61 Å². The smallest absolute Gasteiger partial charge is 0.265 e. The number of nitrogens with zero attached hydrogens (tertiary/aromatic N) is 1. The summed E-state index contributed by atoms with van der Waals surface area (Å²) < 4.78 is 6.10. The topological polar surface area (TPSA) is 59.9 Å². The van der Waals surface area contributed by atoms with Crippen molar-refractivity contribution in [3.05, 3.63) is 58.1 Å². The Bertz CT molecular complexity index is 795. The zero-order valence-electron chi connectivity index (χ0n) is 13.7. The van der Waals surface area contributed by atoms with Crippen LogP contribution in [0.1, 0.15) is 11.1 Å². The van der Waals surface area contributed by atoms with Gasteiger partial charge >= 0.3 is 0 Å². The second-order valence-electron chi connectivity index (χ2n) is 5.10. The van der Waals surface area contributed by atoms with Crippen LogP contribution in [0.5, 0.6) is 5.75 Å². The molecular weight excluding hydrogens is 384 g/mol. The zero-order chi connectivity index (χ0) is 18.1. The monoisotopic (exact) mass is 400 g/mol. The molecule has 0 atom stereocenters. The summed E-state index contributed by atoms with van der Waals surface area (Å²) in [4.78, 5) is 16.8. The molecule has 0 unspecified atom stereocenters. The van der Waals surface area contributed by atoms with Crippen LogP contribution in [-0.4, -0.2) is 25.3 Å². The van der Waals surface area contributed by atoms with Crippen LogP contribution in [0.25, 0.3) is 0 Å². The molecule has 0 aliphatic carbocycles. The number of ether oxygens (including phenoxy) is 1. The number of rotatable bonds is 7. The van der Waals surface area contributed by atoms with Crippen LogP contribution in [0.3, 0.4) is 0 Å². The Morgan fingerprint density at radius 1 is 1.32 bits per heavy atom. The predicted molar refractivity (Wildman–Crippen MR) is 102 cm³/mol. The van der Waals surface area contributed by atoms with Crippen molar-refractivity contribution in [2.75, 3.05) is 18.5 Å². The fourth-order valence-corrected chi connectivity index (χ4v) is 2.37. The first kappa shape index (κ1) is 18.6. The van der Waals surface area contributed by atoms with E-state index in [1.165, 1.54) is 6.21 Å². The van der Waals surface area contributed by atoms with Crippen LogP contribution >= 0.6 is 15.9 Å². The highest BCUT2D eigenvalue weighted by atomic mass is 79.9. The van der Waals surface area contributed by atoms with Gasteiger partial charge < -0.3 is 14.9 Å². The molecule has 2 rings (SSSR count). The van der Waals surface area contributed by atoms with Gasteiger partial charge in [-0.05, 0) is 58.7 Å². The maximum Gasteiger partial charge on any atom is 0.265 e. The van der Waals surface area contributed by atoms with E-state index in [0.717, 1.165) is 21.3 Å². The molecule has 2 aromatic rings. The summed E-state index contributed by atoms with van der Waals surface area (Å²) in [6, 6.07) is 12.9. The largest absolute Gasteiger partial charge is 0.480 e. The first-order valence-electron chi connectivity index (χ1n) is 7.46. The van der Waals surface area contributed by atoms with Crippen LogP contribution in [0.15, 0.2) is 52.1 Å². The van der Waals surface area contributed by atoms with E-state index in [1.54, 1.807) is 12.1 Å². The van der Waals surface area contributed by atoms with E-state index in [0.29, 0.717) is 5.75 Å². The number of halogens is 1. The SMILES string of the molecule is C#CCOc1ccc(/C=N/OCC(=O)Nc2ccc(C)cc2)cc1Br. The minimum absolute atomic E-state index is 0.172. The van der Waals surface area contributed by atoms with Crippen molar-refractivity contribution < 1.29 is 14.4 Å². The van der Waals surface area contributed by atoms with Crippen LogP contribution < -0.4 is 10.1 Å². The zero-order valence-corrected chi connectivity index (χ0v) is 15.2. The molecule has 2 aromatic carbocycles. The Morgan fingerprint density at radius 2 is 2.08 bits per heavy atom. The Labute approximate surface area is 155 Å². The lowest BCUT2D eigenvalue weighted by molar-refractivity contribution is -0.120. The van der Waals surface area contributed by atoms with Crippen LogP contribution in [0, 0.1) is 19.3 Å². The third kappa shape index (κ3) is 6.32. The van der Waals surface area contributed by atoms with Crippen LogP contribution in [0.2, 0.25) is 0 Å². The second kappa shape index (κ2) is 9.50. The van der Waals surface area contributed by atoms with E-state index < -0.39 is 0 Å². The van der Waals surface area contributed by atoms with Gasteiger partial charge in [0.2, 0.25) is 0 Å². The fourth-order valence-electron chi connectivity index (χ4n) is 1.86. The van der Waals surface area contributed by atoms with Crippen molar-refractivity contribution in [3.8, 4) is 18.1 Å². The molecule has 0 fully saturated rings. The lowest BCUT2D eigenvalue weighted by Crippen LogP contribution is -2.16. The summed E-state index contributed by atoms with van der Waals surface area (Å²) in [7, 11) is 0. The number of terminal acetylenes is 1. The van der Waals surface area contributed by atoms with Crippen LogP contribution in [0.4, 0.5) is 5.69 Å². The molecule has 5 nitrogen and oxygen atoms in total. The number of carbonyl (C=O) groups excluding carboxylic acids is 1. The van der Waals surface area contributed by atoms with E-state index in [2.05, 4.69) is 32.3 Å². The number of carbonyl (C=O) groups is 1. The normalized spacial score (nSPS) is 10.3. The van der Waals surface area contributed by atoms with Gasteiger partial charge in [0.25, 0.3) is 5.91 Å². The van der Waals surface area contributed by atoms with Crippen LogP contribution in [-0.2, 0) is 9.63 Å². The third-order valence-corrected chi connectivity index (χ3v) is 3.69. The Morgan fingerprint density at radius 3 is 2.76 bits per heavy atom. The van der Waals surface area contributed by atoms with Gasteiger partial charge in [-0.1, -0.05) is 28.8 Å². The first-order chi connectivity index (χ1) is 12.1. The Kier molecular flexibility index (Phi) is 7.05. The summed E-state index contributed by atoms with van der Waals surface area (Å²) in [6.07, 6.45) is 6.67. The van der Waals surface area contributed by atoms with Crippen molar-refractivity contribution in [2.45, 2.75) is 6.92 Å². The van der Waals surface area contributed by atoms with Gasteiger partial charge in [-0.2, -0.15) is 0 Å². The number of nitrogens with one attached hydrogen (secondary N) is 1. The number of benzene rings is 2. The minimum atomic E-state index is -0.278. The number of aryl methyl sites for hydroxylation is 1. The summed E-state index contributed by atoms with van der Waals surface area (Å²) in [5.41, 5.74) is 2.63. The number of hydrogen-bond donors (Lipinski definition) is 1. The third-order valence-electron chi connectivity index (χ3n) is 3.07. The van der Waals surface area contributed by atoms with Crippen molar-refractivity contribution in [3.63, 3.8) is 0 Å². The van der Waals surface area contributed by atoms with E-state index in [-0.39, 0.29) is 19.1 Å². The van der Waals surface area contributed by atoms with Crippen molar-refractivity contribution >= 4 is 33.7 Å². The van der Waals surface area contributed by atoms with E-state index in [9.17, 15) is 4.79 Å². The molecule has 0 heterocycles. The molecule has 0 spiro atoms. The number of oxime groups is 1. The molecule has 0 saturated heterocycles. The maximum atomic E-state index is 11.8. The van der Waals surface area contributed by atoms with Gasteiger partial charge in [0.1, 0.15) is 12.4 Å². The molecular formula is C19H17BrN2O3. The summed E-state index contributed by atoms with van der Waals surface area (Å²) in [5, 5.41) is 6.52. The number of hydrogen-bond acceptors (Lipinski definition) is 4. The molecule has 25 heavy (non-hydrogen) atoms. The summed E-state index contributed by atoms with van der Waals surface area (Å²) in [6.45, 7) is 2.01. The average molecular weight is 401 g/mol. The summed E-state index contributed by atoms with van der Waals surface area (Å²) in [5.74, 6) is 2.77. The van der Waals surface area contributed by atoms with Gasteiger partial charge in [0.05, 0.1) is 10.7 Å². The Hall–Kier alpha value is -2.78. The number of anilines is 1. The molecule has 1 amide bonds. The van der Waals surface area contributed by atoms with Gasteiger partial charge in [-0.15, -0.1) is 6.42 Å². The maximum absolute atomic E-state index is 11.8. The lowest BCUT2D eigenvalue weighted by Gasteiger charge is -2.06. The van der Waals surface area contributed by atoms with Crippen molar-refractivity contribution in [2.24, 2.45) is 5.16 Å². The first-order valence-corrected chi connectivity index (χ1v) is 8.25. The predicted octanol–water partition coefficient (Wildman–Crippen LogP) is 3.76. The number of amides is 1. The fraction of sp³-hybridized carbons (Fsp3) is 0.158. The highest BCUT2D eigenvalue weighted by Crippen LogP contribution is 2.25. The second-order valence-corrected chi connectivity index (χ2v) is 5.96. The molecule has 1 N–H and O–H groups in total. The summed E-state index contributed by atoms with van der Waals surface area (Å²) >= 11 is 3.39. The standard InChI is InChI=1S/C19H17BrN2O3/c1-3-10-24-18-9-6-15(11-17(18)20)12-21-25-13-19(23)22-16-7-4-14(2)5-8-16/h1,4-9,11-12H,10,13H2,2H3,(H,22,23)/b21-12+. The molecule has 6 heteroatoms. The van der Waals surface area contributed by atoms with E-state index in [1.807, 2.05) is 37.3 Å². The Balaban J connectivity index is 1.80. The van der Waals surface area contributed by atoms with Gasteiger partial charge in [-0.25, -0.2) is 0 Å². The molecule has 0 bridgehead atoms. The average Bonchev–Trinajstić information content (AvgIpc) is 2.60. The van der Waals surface area contributed by atoms with Gasteiger partial charge in [0, 0.05) is 5.69 Å². The molecule has 0 saturated carbocycles.